The van der Waals surface area contributed by atoms with Gasteiger partial charge in [-0.25, -0.2) is 0 Å². The molecule has 19 heavy (non-hydrogen) atoms. The summed E-state index contributed by atoms with van der Waals surface area (Å²) in [7, 11) is 4.19. The number of nitrogens with zero attached hydrogens (tertiary/aromatic N) is 1. The highest BCUT2D eigenvalue weighted by molar-refractivity contribution is 5.27. The molecule has 0 fully saturated rings. The van der Waals surface area contributed by atoms with E-state index in [1.165, 1.54) is 11.1 Å². The van der Waals surface area contributed by atoms with E-state index in [1.807, 2.05) is 12.1 Å². The largest absolute Gasteiger partial charge is 0.468 e. The van der Waals surface area contributed by atoms with Gasteiger partial charge < -0.3 is 14.6 Å². The summed E-state index contributed by atoms with van der Waals surface area (Å²) >= 11 is 0. The van der Waals surface area contributed by atoms with Gasteiger partial charge in [-0.15, -0.1) is 0 Å². The Morgan fingerprint density at radius 3 is 2.47 bits per heavy atom. The van der Waals surface area contributed by atoms with Crippen LogP contribution in [0.5, 0.6) is 0 Å². The Hall–Kier alpha value is -1.58. The number of hydrogen-bond donors (Lipinski definition) is 1. The molecule has 0 spiro atoms. The third kappa shape index (κ3) is 3.94. The third-order valence-corrected chi connectivity index (χ3v) is 3.17. The van der Waals surface area contributed by atoms with E-state index in [2.05, 4.69) is 55.5 Å². The van der Waals surface area contributed by atoms with Gasteiger partial charge in [0.15, 0.2) is 0 Å². The molecule has 3 nitrogen and oxygen atoms in total. The molecule has 1 atom stereocenters. The van der Waals surface area contributed by atoms with E-state index >= 15 is 0 Å². The Bertz CT molecular complexity index is 491. The number of hydrogen-bond acceptors (Lipinski definition) is 3. The Morgan fingerprint density at radius 2 is 1.84 bits per heavy atom. The van der Waals surface area contributed by atoms with Crippen LogP contribution in [-0.4, -0.2) is 19.0 Å². The predicted molar refractivity (Wildman–Crippen MR) is 77.8 cm³/mol. The SMILES string of the molecule is CC(NCc1ccccc1CN(C)C)c1ccco1. The van der Waals surface area contributed by atoms with Gasteiger partial charge in [-0.05, 0) is 44.3 Å². The van der Waals surface area contributed by atoms with Gasteiger partial charge in [0.1, 0.15) is 5.76 Å². The average molecular weight is 258 g/mol. The lowest BCUT2D eigenvalue weighted by Crippen LogP contribution is -2.20. The van der Waals surface area contributed by atoms with Crippen LogP contribution in [0.4, 0.5) is 0 Å². The highest BCUT2D eigenvalue weighted by atomic mass is 16.3. The van der Waals surface area contributed by atoms with Crippen molar-refractivity contribution in [3.8, 4) is 0 Å². The van der Waals surface area contributed by atoms with Crippen LogP contribution in [0.25, 0.3) is 0 Å². The van der Waals surface area contributed by atoms with Gasteiger partial charge in [0.2, 0.25) is 0 Å². The number of benzene rings is 1. The molecule has 102 valence electrons. The molecular weight excluding hydrogens is 236 g/mol. The topological polar surface area (TPSA) is 28.4 Å². The monoisotopic (exact) mass is 258 g/mol. The zero-order chi connectivity index (χ0) is 13.7. The fourth-order valence-electron chi connectivity index (χ4n) is 2.13. The zero-order valence-electron chi connectivity index (χ0n) is 11.9. The van der Waals surface area contributed by atoms with Crippen molar-refractivity contribution in [1.29, 1.82) is 0 Å². The predicted octanol–water partition coefficient (Wildman–Crippen LogP) is 3.19. The molecule has 0 aliphatic heterocycles. The summed E-state index contributed by atoms with van der Waals surface area (Å²) in [6.45, 7) is 3.94. The second-order valence-electron chi connectivity index (χ2n) is 5.12. The van der Waals surface area contributed by atoms with Crippen LogP contribution < -0.4 is 5.32 Å². The van der Waals surface area contributed by atoms with Crippen molar-refractivity contribution in [2.45, 2.75) is 26.1 Å². The first-order chi connectivity index (χ1) is 9.16. The van der Waals surface area contributed by atoms with Crippen molar-refractivity contribution in [3.05, 3.63) is 59.5 Å². The number of nitrogens with one attached hydrogen (secondary N) is 1. The van der Waals surface area contributed by atoms with Crippen LogP contribution in [-0.2, 0) is 13.1 Å². The normalized spacial score (nSPS) is 12.8. The maximum atomic E-state index is 5.41. The summed E-state index contributed by atoms with van der Waals surface area (Å²) in [6.07, 6.45) is 1.72. The van der Waals surface area contributed by atoms with Crippen LogP contribution in [0.3, 0.4) is 0 Å². The van der Waals surface area contributed by atoms with Crippen molar-refractivity contribution in [2.24, 2.45) is 0 Å². The van der Waals surface area contributed by atoms with E-state index in [9.17, 15) is 0 Å². The van der Waals surface area contributed by atoms with Crippen LogP contribution in [0, 0.1) is 0 Å². The fourth-order valence-corrected chi connectivity index (χ4v) is 2.13. The first-order valence-electron chi connectivity index (χ1n) is 6.65. The maximum absolute atomic E-state index is 5.41. The lowest BCUT2D eigenvalue weighted by Gasteiger charge is -2.16. The van der Waals surface area contributed by atoms with Gasteiger partial charge in [-0.2, -0.15) is 0 Å². The molecule has 0 aliphatic rings. The Balaban J connectivity index is 1.99. The molecule has 0 amide bonds. The van der Waals surface area contributed by atoms with Crippen molar-refractivity contribution < 1.29 is 4.42 Å². The molecule has 0 saturated heterocycles. The quantitative estimate of drug-likeness (QED) is 0.862. The first-order valence-corrected chi connectivity index (χ1v) is 6.65. The van der Waals surface area contributed by atoms with Crippen molar-refractivity contribution in [3.63, 3.8) is 0 Å². The van der Waals surface area contributed by atoms with Gasteiger partial charge in [-0.3, -0.25) is 0 Å². The van der Waals surface area contributed by atoms with Crippen molar-refractivity contribution in [2.75, 3.05) is 14.1 Å². The molecule has 3 heteroatoms. The van der Waals surface area contributed by atoms with Gasteiger partial charge >= 0.3 is 0 Å². The third-order valence-electron chi connectivity index (χ3n) is 3.17. The Kier molecular flexibility index (Phi) is 4.77. The van der Waals surface area contributed by atoms with Crippen LogP contribution in [0.15, 0.2) is 47.1 Å². The van der Waals surface area contributed by atoms with Gasteiger partial charge in [0.05, 0.1) is 12.3 Å². The molecule has 1 aromatic heterocycles. The first kappa shape index (κ1) is 13.8. The number of furan rings is 1. The molecule has 1 N–H and O–H groups in total. The molecule has 2 aromatic rings. The summed E-state index contributed by atoms with van der Waals surface area (Å²) in [4.78, 5) is 2.19. The van der Waals surface area contributed by atoms with E-state index in [0.29, 0.717) is 0 Å². The summed E-state index contributed by atoms with van der Waals surface area (Å²) < 4.78 is 5.41. The summed E-state index contributed by atoms with van der Waals surface area (Å²) in [5.41, 5.74) is 2.71. The Labute approximate surface area is 115 Å². The summed E-state index contributed by atoms with van der Waals surface area (Å²) in [6, 6.07) is 12.7. The minimum Gasteiger partial charge on any atom is -0.468 e. The number of rotatable bonds is 6. The lowest BCUT2D eigenvalue weighted by molar-refractivity contribution is 0.397. The second-order valence-corrected chi connectivity index (χ2v) is 5.12. The van der Waals surface area contributed by atoms with Crippen LogP contribution in [0.2, 0.25) is 0 Å². The maximum Gasteiger partial charge on any atom is 0.120 e. The van der Waals surface area contributed by atoms with Gasteiger partial charge in [0, 0.05) is 13.1 Å². The van der Waals surface area contributed by atoms with E-state index in [-0.39, 0.29) is 6.04 Å². The van der Waals surface area contributed by atoms with E-state index in [0.717, 1.165) is 18.8 Å². The van der Waals surface area contributed by atoms with Crippen molar-refractivity contribution >= 4 is 0 Å². The zero-order valence-corrected chi connectivity index (χ0v) is 11.9. The van der Waals surface area contributed by atoms with Gasteiger partial charge in [0.25, 0.3) is 0 Å². The van der Waals surface area contributed by atoms with Crippen molar-refractivity contribution in [1.82, 2.24) is 10.2 Å². The second kappa shape index (κ2) is 6.55. The molecule has 1 heterocycles. The van der Waals surface area contributed by atoms with Gasteiger partial charge in [-0.1, -0.05) is 24.3 Å². The minimum absolute atomic E-state index is 0.224. The molecule has 1 aromatic carbocycles. The van der Waals surface area contributed by atoms with Crippen LogP contribution >= 0.6 is 0 Å². The molecule has 0 radical (unpaired) electrons. The smallest absolute Gasteiger partial charge is 0.120 e. The highest BCUT2D eigenvalue weighted by Gasteiger charge is 2.09. The Morgan fingerprint density at radius 1 is 1.11 bits per heavy atom. The van der Waals surface area contributed by atoms with Crippen LogP contribution in [0.1, 0.15) is 29.9 Å². The van der Waals surface area contributed by atoms with E-state index < -0.39 is 0 Å². The highest BCUT2D eigenvalue weighted by Crippen LogP contribution is 2.15. The molecule has 0 saturated carbocycles. The standard InChI is InChI=1S/C16H22N2O/c1-13(16-9-6-10-19-16)17-11-14-7-4-5-8-15(14)12-18(2)3/h4-10,13,17H,11-12H2,1-3H3. The molecule has 0 bridgehead atoms. The summed E-state index contributed by atoms with van der Waals surface area (Å²) in [5.74, 6) is 0.977. The molecular formula is C16H22N2O. The molecule has 2 rings (SSSR count). The minimum atomic E-state index is 0.224. The van der Waals surface area contributed by atoms with E-state index in [1.54, 1.807) is 6.26 Å². The fraction of sp³-hybridized carbons (Fsp3) is 0.375. The lowest BCUT2D eigenvalue weighted by atomic mass is 10.1. The average Bonchev–Trinajstić information content (AvgIpc) is 2.90. The van der Waals surface area contributed by atoms with E-state index in [4.69, 9.17) is 4.42 Å². The summed E-state index contributed by atoms with van der Waals surface area (Å²) in [5, 5.41) is 3.50. The molecule has 0 aliphatic carbocycles. The molecule has 1 unspecified atom stereocenters.